The molecule has 2 aliphatic heterocycles. The van der Waals surface area contributed by atoms with Gasteiger partial charge >= 0.3 is 0 Å². The van der Waals surface area contributed by atoms with Crippen LogP contribution in [0.5, 0.6) is 0 Å². The van der Waals surface area contributed by atoms with E-state index in [9.17, 15) is 0 Å². The second kappa shape index (κ2) is 5.91. The fraction of sp³-hybridized carbons (Fsp3) is 0.929. The van der Waals surface area contributed by atoms with Gasteiger partial charge in [-0.25, -0.2) is 0 Å². The highest BCUT2D eigenvalue weighted by Crippen LogP contribution is 2.28. The quantitative estimate of drug-likeness (QED) is 0.616. The molecule has 0 bridgehead atoms. The highest BCUT2D eigenvalue weighted by atomic mass is 16.5. The van der Waals surface area contributed by atoms with Crippen molar-refractivity contribution < 1.29 is 4.74 Å². The van der Waals surface area contributed by atoms with Gasteiger partial charge in [0.25, 0.3) is 0 Å². The first-order valence-electron chi connectivity index (χ1n) is 7.25. The van der Waals surface area contributed by atoms with Crippen molar-refractivity contribution in [2.24, 2.45) is 10.4 Å². The van der Waals surface area contributed by atoms with Crippen molar-refractivity contribution in [3.63, 3.8) is 0 Å². The maximum absolute atomic E-state index is 5.63. The average molecular weight is 253 g/mol. The third-order valence-electron chi connectivity index (χ3n) is 3.78. The molecule has 1 atom stereocenters. The van der Waals surface area contributed by atoms with Crippen LogP contribution in [0.3, 0.4) is 0 Å². The standard InChI is InChI=1S/C14H27N3O/c1-4-15-13(16-10-12-6-5-9-18-12)17-8-7-14(2,3)11-17/h12H,4-11H2,1-3H3,(H,15,16). The van der Waals surface area contributed by atoms with E-state index in [4.69, 9.17) is 9.73 Å². The van der Waals surface area contributed by atoms with E-state index < -0.39 is 0 Å². The molecule has 0 spiro atoms. The Bertz CT molecular complexity index is 295. The van der Waals surface area contributed by atoms with Gasteiger partial charge in [-0.15, -0.1) is 0 Å². The number of rotatable bonds is 3. The Hall–Kier alpha value is -0.770. The van der Waals surface area contributed by atoms with Gasteiger partial charge in [0, 0.05) is 26.2 Å². The number of guanidine groups is 1. The number of nitrogens with zero attached hydrogens (tertiary/aromatic N) is 2. The van der Waals surface area contributed by atoms with Gasteiger partial charge in [-0.2, -0.15) is 0 Å². The Morgan fingerprint density at radius 3 is 2.89 bits per heavy atom. The van der Waals surface area contributed by atoms with E-state index in [1.54, 1.807) is 0 Å². The third kappa shape index (κ3) is 3.61. The first-order chi connectivity index (χ1) is 8.61. The molecular formula is C14H27N3O. The monoisotopic (exact) mass is 253 g/mol. The molecule has 4 heteroatoms. The predicted octanol–water partition coefficient (Wildman–Crippen LogP) is 1.86. The Balaban J connectivity index is 1.92. The molecule has 1 unspecified atom stereocenters. The summed E-state index contributed by atoms with van der Waals surface area (Å²) in [5.41, 5.74) is 0.417. The average Bonchev–Trinajstić information content (AvgIpc) is 2.93. The Morgan fingerprint density at radius 2 is 2.33 bits per heavy atom. The smallest absolute Gasteiger partial charge is 0.194 e. The molecule has 0 aromatic carbocycles. The fourth-order valence-electron chi connectivity index (χ4n) is 2.70. The van der Waals surface area contributed by atoms with E-state index >= 15 is 0 Å². The van der Waals surface area contributed by atoms with Crippen LogP contribution in [-0.2, 0) is 4.74 Å². The summed E-state index contributed by atoms with van der Waals surface area (Å²) in [5, 5.41) is 3.41. The minimum atomic E-state index is 0.342. The Morgan fingerprint density at radius 1 is 1.50 bits per heavy atom. The van der Waals surface area contributed by atoms with Crippen molar-refractivity contribution in [3.8, 4) is 0 Å². The molecule has 0 saturated carbocycles. The molecule has 2 heterocycles. The normalized spacial score (nSPS) is 27.8. The van der Waals surface area contributed by atoms with E-state index in [0.29, 0.717) is 11.5 Å². The second-order valence-corrected chi connectivity index (χ2v) is 6.17. The van der Waals surface area contributed by atoms with Crippen molar-refractivity contribution in [2.45, 2.75) is 46.1 Å². The Labute approximate surface area is 111 Å². The van der Waals surface area contributed by atoms with Crippen LogP contribution in [0.25, 0.3) is 0 Å². The zero-order chi connectivity index (χ0) is 13.0. The van der Waals surface area contributed by atoms with Crippen LogP contribution in [-0.4, -0.2) is 49.7 Å². The molecule has 0 radical (unpaired) electrons. The highest BCUT2D eigenvalue weighted by molar-refractivity contribution is 5.80. The van der Waals surface area contributed by atoms with E-state index in [0.717, 1.165) is 45.2 Å². The minimum Gasteiger partial charge on any atom is -0.376 e. The number of hydrogen-bond donors (Lipinski definition) is 1. The zero-order valence-electron chi connectivity index (χ0n) is 12.0. The van der Waals surface area contributed by atoms with Gasteiger partial charge in [-0.1, -0.05) is 13.8 Å². The van der Waals surface area contributed by atoms with Crippen molar-refractivity contribution in [1.82, 2.24) is 10.2 Å². The Kier molecular flexibility index (Phi) is 4.49. The van der Waals surface area contributed by atoms with Crippen molar-refractivity contribution in [2.75, 3.05) is 32.8 Å². The number of aliphatic imine (C=N–C) groups is 1. The summed E-state index contributed by atoms with van der Waals surface area (Å²) < 4.78 is 5.63. The van der Waals surface area contributed by atoms with Crippen LogP contribution in [0.2, 0.25) is 0 Å². The van der Waals surface area contributed by atoms with Gasteiger partial charge in [0.05, 0.1) is 12.6 Å². The van der Waals surface area contributed by atoms with Crippen LogP contribution in [0.1, 0.15) is 40.0 Å². The first-order valence-corrected chi connectivity index (χ1v) is 7.25. The van der Waals surface area contributed by atoms with E-state index in [-0.39, 0.29) is 0 Å². The van der Waals surface area contributed by atoms with E-state index in [1.165, 1.54) is 12.8 Å². The summed E-state index contributed by atoms with van der Waals surface area (Å²) in [6.07, 6.45) is 3.94. The molecule has 104 valence electrons. The SMILES string of the molecule is CCNC(=NCC1CCCO1)N1CCC(C)(C)C1. The van der Waals surface area contributed by atoms with Crippen LogP contribution in [0, 0.1) is 5.41 Å². The third-order valence-corrected chi connectivity index (χ3v) is 3.78. The minimum absolute atomic E-state index is 0.342. The molecule has 1 N–H and O–H groups in total. The van der Waals surface area contributed by atoms with Gasteiger partial charge in [-0.3, -0.25) is 4.99 Å². The molecule has 2 rings (SSSR count). The van der Waals surface area contributed by atoms with Gasteiger partial charge in [-0.05, 0) is 31.6 Å². The largest absolute Gasteiger partial charge is 0.376 e. The molecule has 0 amide bonds. The summed E-state index contributed by atoms with van der Waals surface area (Å²) in [6, 6.07) is 0. The lowest BCUT2D eigenvalue weighted by molar-refractivity contribution is 0.117. The topological polar surface area (TPSA) is 36.9 Å². The predicted molar refractivity (Wildman–Crippen MR) is 74.9 cm³/mol. The second-order valence-electron chi connectivity index (χ2n) is 6.17. The molecule has 0 aromatic heterocycles. The summed E-state index contributed by atoms with van der Waals surface area (Å²) in [7, 11) is 0. The number of ether oxygens (including phenoxy) is 1. The van der Waals surface area contributed by atoms with Crippen LogP contribution < -0.4 is 5.32 Å². The van der Waals surface area contributed by atoms with Crippen molar-refractivity contribution in [1.29, 1.82) is 0 Å². The fourth-order valence-corrected chi connectivity index (χ4v) is 2.70. The molecule has 4 nitrogen and oxygen atoms in total. The molecule has 0 aliphatic carbocycles. The van der Waals surface area contributed by atoms with Crippen LogP contribution >= 0.6 is 0 Å². The molecule has 0 aromatic rings. The zero-order valence-corrected chi connectivity index (χ0v) is 12.0. The summed E-state index contributed by atoms with van der Waals surface area (Å²) in [6.45, 7) is 11.7. The maximum Gasteiger partial charge on any atom is 0.194 e. The molecular weight excluding hydrogens is 226 g/mol. The summed E-state index contributed by atoms with van der Waals surface area (Å²) in [5.74, 6) is 1.07. The lowest BCUT2D eigenvalue weighted by Gasteiger charge is -2.24. The molecule has 2 fully saturated rings. The van der Waals surface area contributed by atoms with Gasteiger partial charge in [0.15, 0.2) is 5.96 Å². The number of nitrogens with one attached hydrogen (secondary N) is 1. The number of likely N-dealkylation sites (tertiary alicyclic amines) is 1. The summed E-state index contributed by atoms with van der Waals surface area (Å²) in [4.78, 5) is 7.14. The van der Waals surface area contributed by atoms with Gasteiger partial charge < -0.3 is 15.0 Å². The van der Waals surface area contributed by atoms with Crippen LogP contribution in [0.15, 0.2) is 4.99 Å². The lowest BCUT2D eigenvalue weighted by Crippen LogP contribution is -2.41. The highest BCUT2D eigenvalue weighted by Gasteiger charge is 2.31. The van der Waals surface area contributed by atoms with Crippen molar-refractivity contribution >= 4 is 5.96 Å². The maximum atomic E-state index is 5.63. The molecule has 2 aliphatic rings. The van der Waals surface area contributed by atoms with E-state index in [1.807, 2.05) is 0 Å². The summed E-state index contributed by atoms with van der Waals surface area (Å²) >= 11 is 0. The number of hydrogen-bond acceptors (Lipinski definition) is 2. The lowest BCUT2D eigenvalue weighted by atomic mass is 9.93. The molecule has 18 heavy (non-hydrogen) atoms. The van der Waals surface area contributed by atoms with E-state index in [2.05, 4.69) is 31.0 Å². The van der Waals surface area contributed by atoms with Crippen molar-refractivity contribution in [3.05, 3.63) is 0 Å². The van der Waals surface area contributed by atoms with Crippen LogP contribution in [0.4, 0.5) is 0 Å². The molecule has 2 saturated heterocycles. The first kappa shape index (κ1) is 13.7. The van der Waals surface area contributed by atoms with Gasteiger partial charge in [0.2, 0.25) is 0 Å². The van der Waals surface area contributed by atoms with Gasteiger partial charge in [0.1, 0.15) is 0 Å².